The molecule has 2 nitrogen and oxygen atoms in total. The van der Waals surface area contributed by atoms with Crippen molar-refractivity contribution in [2.75, 3.05) is 0 Å². The van der Waals surface area contributed by atoms with Crippen molar-refractivity contribution in [3.63, 3.8) is 0 Å². The predicted molar refractivity (Wildman–Crippen MR) is 42.9 cm³/mol. The summed E-state index contributed by atoms with van der Waals surface area (Å²) in [5.41, 5.74) is -0.795. The quantitative estimate of drug-likeness (QED) is 0.653. The van der Waals surface area contributed by atoms with Crippen molar-refractivity contribution in [3.8, 4) is 6.07 Å². The normalized spacial score (nSPS) is 10.4. The Morgan fingerprint density at radius 1 is 1.21 bits per heavy atom. The van der Waals surface area contributed by atoms with Gasteiger partial charge in [-0.05, 0) is 5.92 Å². The average molecular weight is 200 g/mol. The van der Waals surface area contributed by atoms with Gasteiger partial charge in [-0.3, -0.25) is 0 Å². The van der Waals surface area contributed by atoms with E-state index in [0.717, 1.165) is 0 Å². The van der Waals surface area contributed by atoms with Gasteiger partial charge in [0.15, 0.2) is 5.82 Å². The molecule has 0 aliphatic carbocycles. The Balaban J connectivity index is 3.57. The van der Waals surface area contributed by atoms with Crippen LogP contribution >= 0.6 is 0 Å². The second kappa shape index (κ2) is 3.66. The first-order valence-electron chi connectivity index (χ1n) is 3.93. The number of pyridine rings is 1. The Kier molecular flexibility index (Phi) is 2.75. The number of nitriles is 1. The topological polar surface area (TPSA) is 36.7 Å². The van der Waals surface area contributed by atoms with Gasteiger partial charge in [-0.2, -0.15) is 19.0 Å². The van der Waals surface area contributed by atoms with Gasteiger partial charge >= 0.3 is 0 Å². The van der Waals surface area contributed by atoms with Crippen molar-refractivity contribution < 1.29 is 13.2 Å². The third-order valence-electron chi connectivity index (χ3n) is 1.78. The summed E-state index contributed by atoms with van der Waals surface area (Å²) >= 11 is 0. The molecule has 1 aromatic rings. The van der Waals surface area contributed by atoms with Gasteiger partial charge in [0.05, 0.1) is 0 Å². The van der Waals surface area contributed by atoms with Gasteiger partial charge in [0.25, 0.3) is 5.95 Å². The lowest BCUT2D eigenvalue weighted by molar-refractivity contribution is 0.436. The SMILES string of the molecule is CC(C)c1c(F)nc(F)c(F)c1C#N. The van der Waals surface area contributed by atoms with Crippen LogP contribution < -0.4 is 0 Å². The van der Waals surface area contributed by atoms with E-state index >= 15 is 0 Å². The second-order valence-corrected chi connectivity index (χ2v) is 3.06. The maximum atomic E-state index is 13.1. The summed E-state index contributed by atoms with van der Waals surface area (Å²) in [7, 11) is 0. The molecule has 0 aliphatic heterocycles. The summed E-state index contributed by atoms with van der Waals surface area (Å²) in [6, 6.07) is 1.43. The molecule has 0 bridgehead atoms. The van der Waals surface area contributed by atoms with Crippen LogP contribution in [-0.4, -0.2) is 4.98 Å². The predicted octanol–water partition coefficient (Wildman–Crippen LogP) is 2.49. The molecule has 0 amide bonds. The van der Waals surface area contributed by atoms with E-state index in [0.29, 0.717) is 0 Å². The molecule has 0 N–H and O–H groups in total. The minimum Gasteiger partial charge on any atom is -0.200 e. The van der Waals surface area contributed by atoms with Crippen LogP contribution in [0.5, 0.6) is 0 Å². The first-order chi connectivity index (χ1) is 6.49. The molecule has 0 saturated carbocycles. The Morgan fingerprint density at radius 3 is 2.21 bits per heavy atom. The van der Waals surface area contributed by atoms with Crippen LogP contribution in [-0.2, 0) is 0 Å². The zero-order chi connectivity index (χ0) is 10.9. The fourth-order valence-corrected chi connectivity index (χ4v) is 1.16. The van der Waals surface area contributed by atoms with E-state index in [4.69, 9.17) is 5.26 Å². The van der Waals surface area contributed by atoms with Gasteiger partial charge in [-0.25, -0.2) is 4.39 Å². The molecule has 0 saturated heterocycles. The highest BCUT2D eigenvalue weighted by molar-refractivity contribution is 5.39. The number of hydrogen-bond acceptors (Lipinski definition) is 2. The standard InChI is InChI=1S/C9H7F3N2/c1-4(2)6-5(3-13)7(10)9(12)14-8(6)11/h4H,1-2H3. The molecule has 1 aromatic heterocycles. The fourth-order valence-electron chi connectivity index (χ4n) is 1.16. The zero-order valence-corrected chi connectivity index (χ0v) is 7.61. The molecule has 0 fully saturated rings. The summed E-state index contributed by atoms with van der Waals surface area (Å²) in [5, 5.41) is 8.55. The van der Waals surface area contributed by atoms with Crippen molar-refractivity contribution in [3.05, 3.63) is 28.8 Å². The maximum absolute atomic E-state index is 13.1. The number of nitrogens with zero attached hydrogens (tertiary/aromatic N) is 2. The third kappa shape index (κ3) is 1.55. The zero-order valence-electron chi connectivity index (χ0n) is 7.61. The molecule has 1 heterocycles. The van der Waals surface area contributed by atoms with Gasteiger partial charge in [0.1, 0.15) is 11.6 Å². The first-order valence-corrected chi connectivity index (χ1v) is 3.93. The van der Waals surface area contributed by atoms with Crippen molar-refractivity contribution in [1.29, 1.82) is 5.26 Å². The van der Waals surface area contributed by atoms with Gasteiger partial charge in [0.2, 0.25) is 5.95 Å². The lowest BCUT2D eigenvalue weighted by Crippen LogP contribution is -2.07. The summed E-state index contributed by atoms with van der Waals surface area (Å²) in [6.45, 7) is 3.14. The van der Waals surface area contributed by atoms with Gasteiger partial charge in [-0.1, -0.05) is 13.8 Å². The van der Waals surface area contributed by atoms with Crippen LogP contribution in [0.3, 0.4) is 0 Å². The van der Waals surface area contributed by atoms with Crippen molar-refractivity contribution in [2.24, 2.45) is 0 Å². The maximum Gasteiger partial charge on any atom is 0.252 e. The van der Waals surface area contributed by atoms with Gasteiger partial charge in [-0.15, -0.1) is 0 Å². The number of halogens is 3. The smallest absolute Gasteiger partial charge is 0.200 e. The van der Waals surface area contributed by atoms with Crippen LogP contribution in [0.2, 0.25) is 0 Å². The Morgan fingerprint density at radius 2 is 1.79 bits per heavy atom. The second-order valence-electron chi connectivity index (χ2n) is 3.06. The van der Waals surface area contributed by atoms with Crippen LogP contribution in [0.25, 0.3) is 0 Å². The molecule has 1 rings (SSSR count). The summed E-state index contributed by atoms with van der Waals surface area (Å²) in [4.78, 5) is 2.74. The largest absolute Gasteiger partial charge is 0.252 e. The van der Waals surface area contributed by atoms with Crippen LogP contribution in [0.1, 0.15) is 30.9 Å². The lowest BCUT2D eigenvalue weighted by Gasteiger charge is -2.08. The highest BCUT2D eigenvalue weighted by Crippen LogP contribution is 2.24. The minimum absolute atomic E-state index is 0.189. The van der Waals surface area contributed by atoms with E-state index in [1.165, 1.54) is 6.07 Å². The van der Waals surface area contributed by atoms with Crippen molar-refractivity contribution in [1.82, 2.24) is 4.98 Å². The van der Waals surface area contributed by atoms with E-state index in [1.807, 2.05) is 0 Å². The molecule has 0 aliphatic rings. The molecule has 74 valence electrons. The summed E-state index contributed by atoms with van der Waals surface area (Å²) in [6.07, 6.45) is 0. The minimum atomic E-state index is -1.58. The fraction of sp³-hybridized carbons (Fsp3) is 0.333. The molecule has 0 atom stereocenters. The van der Waals surface area contributed by atoms with E-state index < -0.39 is 29.2 Å². The molecule has 14 heavy (non-hydrogen) atoms. The van der Waals surface area contributed by atoms with E-state index in [1.54, 1.807) is 13.8 Å². The van der Waals surface area contributed by atoms with E-state index in [-0.39, 0.29) is 5.56 Å². The molecule has 0 spiro atoms. The van der Waals surface area contributed by atoms with Gasteiger partial charge < -0.3 is 0 Å². The highest BCUT2D eigenvalue weighted by atomic mass is 19.2. The van der Waals surface area contributed by atoms with Crippen molar-refractivity contribution in [2.45, 2.75) is 19.8 Å². The average Bonchev–Trinajstić information content (AvgIpc) is 2.09. The third-order valence-corrected chi connectivity index (χ3v) is 1.78. The Bertz CT molecular complexity index is 407. The van der Waals surface area contributed by atoms with Gasteiger partial charge in [0, 0.05) is 5.56 Å². The molecule has 0 radical (unpaired) electrons. The van der Waals surface area contributed by atoms with E-state index in [9.17, 15) is 13.2 Å². The van der Waals surface area contributed by atoms with Crippen molar-refractivity contribution >= 4 is 0 Å². The molecule has 0 aromatic carbocycles. The number of aromatic nitrogens is 1. The molecule has 0 unspecified atom stereocenters. The lowest BCUT2D eigenvalue weighted by atomic mass is 9.99. The molecular formula is C9H7F3N2. The number of hydrogen-bond donors (Lipinski definition) is 0. The molecular weight excluding hydrogens is 193 g/mol. The highest BCUT2D eigenvalue weighted by Gasteiger charge is 2.21. The number of rotatable bonds is 1. The first kappa shape index (κ1) is 10.5. The monoisotopic (exact) mass is 200 g/mol. The van der Waals surface area contributed by atoms with E-state index in [2.05, 4.69) is 4.98 Å². The Hall–Kier alpha value is -1.57. The molecule has 5 heteroatoms. The van der Waals surface area contributed by atoms with Crippen LogP contribution in [0.15, 0.2) is 0 Å². The van der Waals surface area contributed by atoms with Crippen LogP contribution in [0, 0.1) is 29.0 Å². The summed E-state index contributed by atoms with van der Waals surface area (Å²) < 4.78 is 38.6. The Labute approximate surface area is 79.0 Å². The van der Waals surface area contributed by atoms with Crippen LogP contribution in [0.4, 0.5) is 13.2 Å². The summed E-state index contributed by atoms with van der Waals surface area (Å²) in [5.74, 6) is -4.52.